The molecule has 2 rings (SSSR count). The van der Waals surface area contributed by atoms with Gasteiger partial charge in [0.1, 0.15) is 0 Å². The molecule has 1 amide bonds. The Labute approximate surface area is 189 Å². The second-order valence-corrected chi connectivity index (χ2v) is 9.11. The lowest BCUT2D eigenvalue weighted by molar-refractivity contribution is -0.138. The van der Waals surface area contributed by atoms with E-state index in [0.29, 0.717) is 11.4 Å². The molecule has 1 heterocycles. The van der Waals surface area contributed by atoms with Crippen LogP contribution >= 0.6 is 35.0 Å². The van der Waals surface area contributed by atoms with Crippen molar-refractivity contribution in [3.05, 3.63) is 33.8 Å². The van der Waals surface area contributed by atoms with Crippen LogP contribution in [0.25, 0.3) is 0 Å². The number of benzene rings is 1. The maximum absolute atomic E-state index is 12.5. The third kappa shape index (κ3) is 7.85. The van der Waals surface area contributed by atoms with E-state index in [4.69, 9.17) is 32.5 Å². The number of carbonyl (C=O) groups is 4. The fraction of sp³-hybridized carbons (Fsp3) is 0.474. The molecule has 0 saturated carbocycles. The lowest BCUT2D eigenvalue weighted by Crippen LogP contribution is -2.39. The molecular formula is C19H22BCl2NO6S. The van der Waals surface area contributed by atoms with Gasteiger partial charge in [0.15, 0.2) is 5.78 Å². The van der Waals surface area contributed by atoms with Crippen molar-refractivity contribution in [1.29, 1.82) is 0 Å². The number of rotatable bonds is 8. The largest absolute Gasteiger partial charge is 0.602 e. The molecule has 1 aliphatic heterocycles. The fourth-order valence-electron chi connectivity index (χ4n) is 2.97. The molecule has 1 aliphatic rings. The van der Waals surface area contributed by atoms with Gasteiger partial charge in [-0.3, -0.25) is 19.2 Å². The lowest BCUT2D eigenvalue weighted by Gasteiger charge is -2.25. The predicted molar refractivity (Wildman–Crippen MR) is 117 cm³/mol. The van der Waals surface area contributed by atoms with E-state index < -0.39 is 30.8 Å². The first-order valence-electron chi connectivity index (χ1n) is 9.37. The number of Topliss-reactive ketones (excluding diaryl/α,β-unsaturated/α-hetero) is 1. The van der Waals surface area contributed by atoms with Crippen LogP contribution in [0.2, 0.25) is 15.9 Å². The van der Waals surface area contributed by atoms with E-state index >= 15 is 0 Å². The minimum atomic E-state index is -1.13. The third-order valence-corrected chi connectivity index (χ3v) is 5.65. The number of hydrogen-bond donors (Lipinski definition) is 1. The second-order valence-electron chi connectivity index (χ2n) is 7.28. The monoisotopic (exact) mass is 473 g/mol. The van der Waals surface area contributed by atoms with E-state index in [1.54, 1.807) is 6.07 Å². The van der Waals surface area contributed by atoms with Gasteiger partial charge < -0.3 is 14.6 Å². The summed E-state index contributed by atoms with van der Waals surface area (Å²) in [4.78, 5) is 48.6. The number of hydrogen-bond acceptors (Lipinski definition) is 7. The van der Waals surface area contributed by atoms with E-state index in [0.717, 1.165) is 11.8 Å². The Bertz CT molecular complexity index is 804. The zero-order valence-corrected chi connectivity index (χ0v) is 18.9. The Kier molecular flexibility index (Phi) is 9.52. The van der Waals surface area contributed by atoms with Crippen LogP contribution in [-0.2, 0) is 23.7 Å². The molecular weight excluding hydrogens is 452 g/mol. The number of halogens is 2. The molecule has 1 saturated heterocycles. The summed E-state index contributed by atoms with van der Waals surface area (Å²) in [5.41, 5.74) is 0.163. The Morgan fingerprint density at radius 2 is 1.80 bits per heavy atom. The highest BCUT2D eigenvalue weighted by molar-refractivity contribution is 8.00. The van der Waals surface area contributed by atoms with Crippen LogP contribution in [0.1, 0.15) is 37.0 Å². The maximum Gasteiger partial charge on any atom is 0.602 e. The summed E-state index contributed by atoms with van der Waals surface area (Å²) in [6.45, 7) is 3.65. The quantitative estimate of drug-likeness (QED) is 0.577. The molecule has 0 aromatic heterocycles. The first kappa shape index (κ1) is 24.6. The standard InChI is InChI=1S/C19H22BCl2NO6S/c1-11(2)5-12(20-28-17(25)9-30-10-18(26)29-20)6-14(24)8-23-19(27)15-7-13(21)3-4-16(15)22/h3-4,7,11-12H,5-6,8-10H2,1-2H3,(H,23,27)/t12-/m1/s1. The van der Waals surface area contributed by atoms with E-state index in [2.05, 4.69) is 5.32 Å². The van der Waals surface area contributed by atoms with Crippen LogP contribution in [0.3, 0.4) is 0 Å². The van der Waals surface area contributed by atoms with E-state index in [1.807, 2.05) is 13.8 Å². The summed E-state index contributed by atoms with van der Waals surface area (Å²) >= 11 is 13.0. The van der Waals surface area contributed by atoms with Crippen molar-refractivity contribution >= 4 is 65.7 Å². The summed E-state index contributed by atoms with van der Waals surface area (Å²) in [5.74, 6) is -2.08. The number of thioether (sulfide) groups is 1. The third-order valence-electron chi connectivity index (χ3n) is 4.20. The van der Waals surface area contributed by atoms with Crippen molar-refractivity contribution in [1.82, 2.24) is 5.32 Å². The van der Waals surface area contributed by atoms with Crippen LogP contribution in [-0.4, -0.2) is 48.8 Å². The van der Waals surface area contributed by atoms with Crippen LogP contribution in [0.4, 0.5) is 0 Å². The molecule has 0 bridgehead atoms. The van der Waals surface area contributed by atoms with Crippen LogP contribution in [0.15, 0.2) is 18.2 Å². The molecule has 0 spiro atoms. The van der Waals surface area contributed by atoms with E-state index in [9.17, 15) is 19.2 Å². The SMILES string of the molecule is CC(C)C[C@H](CC(=O)CNC(=O)c1cc(Cl)ccc1Cl)B1OC(=O)CSCC(=O)O1. The molecule has 162 valence electrons. The second kappa shape index (κ2) is 11.6. The van der Waals surface area contributed by atoms with Gasteiger partial charge in [-0.25, -0.2) is 0 Å². The number of ketones is 1. The molecule has 1 aromatic rings. The van der Waals surface area contributed by atoms with Gasteiger partial charge in [-0.15, -0.1) is 11.8 Å². The average molecular weight is 474 g/mol. The highest BCUT2D eigenvalue weighted by Crippen LogP contribution is 2.28. The van der Waals surface area contributed by atoms with E-state index in [1.165, 1.54) is 12.1 Å². The van der Waals surface area contributed by atoms with Crippen LogP contribution in [0, 0.1) is 5.92 Å². The van der Waals surface area contributed by atoms with Gasteiger partial charge in [0.05, 0.1) is 28.6 Å². The average Bonchev–Trinajstić information content (AvgIpc) is 2.65. The molecule has 11 heteroatoms. The van der Waals surface area contributed by atoms with Crippen molar-refractivity contribution in [2.45, 2.75) is 32.5 Å². The minimum Gasteiger partial charge on any atom is -0.498 e. The summed E-state index contributed by atoms with van der Waals surface area (Å²) in [7, 11) is -1.13. The van der Waals surface area contributed by atoms with Gasteiger partial charge in [0, 0.05) is 17.3 Å². The Balaban J connectivity index is 2.01. The molecule has 1 N–H and O–H groups in total. The molecule has 0 radical (unpaired) electrons. The molecule has 1 aromatic carbocycles. The van der Waals surface area contributed by atoms with Crippen LogP contribution < -0.4 is 5.32 Å². The predicted octanol–water partition coefficient (Wildman–Crippen LogP) is 3.42. The van der Waals surface area contributed by atoms with Crippen molar-refractivity contribution in [2.24, 2.45) is 5.92 Å². The first-order valence-corrected chi connectivity index (χ1v) is 11.3. The van der Waals surface area contributed by atoms with Crippen molar-refractivity contribution in [3.8, 4) is 0 Å². The smallest absolute Gasteiger partial charge is 0.498 e. The maximum atomic E-state index is 12.5. The Morgan fingerprint density at radius 1 is 1.17 bits per heavy atom. The van der Waals surface area contributed by atoms with Gasteiger partial charge in [0.25, 0.3) is 5.91 Å². The number of carbonyl (C=O) groups excluding carboxylic acids is 4. The molecule has 0 unspecified atom stereocenters. The number of amides is 1. The normalized spacial score (nSPS) is 15.7. The van der Waals surface area contributed by atoms with Gasteiger partial charge in [-0.05, 0) is 30.5 Å². The Hall–Kier alpha value is -1.71. The number of nitrogens with one attached hydrogen (secondary N) is 1. The van der Waals surface area contributed by atoms with Crippen molar-refractivity contribution in [2.75, 3.05) is 18.1 Å². The van der Waals surface area contributed by atoms with Gasteiger partial charge in [-0.1, -0.05) is 37.0 Å². The van der Waals surface area contributed by atoms with Crippen molar-refractivity contribution in [3.63, 3.8) is 0 Å². The lowest BCUT2D eigenvalue weighted by atomic mass is 9.65. The molecule has 7 nitrogen and oxygen atoms in total. The summed E-state index contributed by atoms with van der Waals surface area (Å²) < 4.78 is 10.5. The molecule has 1 atom stereocenters. The molecule has 0 aliphatic carbocycles. The summed E-state index contributed by atoms with van der Waals surface area (Å²) in [6.07, 6.45) is 0.471. The molecule has 30 heavy (non-hydrogen) atoms. The van der Waals surface area contributed by atoms with Gasteiger partial charge in [0.2, 0.25) is 0 Å². The topological polar surface area (TPSA) is 98.8 Å². The fourth-order valence-corrected chi connectivity index (χ4v) is 3.91. The van der Waals surface area contributed by atoms with Crippen molar-refractivity contribution < 1.29 is 28.5 Å². The van der Waals surface area contributed by atoms with Crippen LogP contribution in [0.5, 0.6) is 0 Å². The van der Waals surface area contributed by atoms with Gasteiger partial charge >= 0.3 is 19.1 Å². The zero-order chi connectivity index (χ0) is 22.3. The zero-order valence-electron chi connectivity index (χ0n) is 16.6. The summed E-state index contributed by atoms with van der Waals surface area (Å²) in [6, 6.07) is 4.46. The Morgan fingerprint density at radius 3 is 2.40 bits per heavy atom. The molecule has 1 fully saturated rings. The van der Waals surface area contributed by atoms with Gasteiger partial charge in [-0.2, -0.15) is 0 Å². The minimum absolute atomic E-state index is 0.0277. The highest BCUT2D eigenvalue weighted by atomic mass is 35.5. The highest BCUT2D eigenvalue weighted by Gasteiger charge is 2.40. The van der Waals surface area contributed by atoms with E-state index in [-0.39, 0.29) is 46.8 Å². The summed E-state index contributed by atoms with van der Waals surface area (Å²) in [5, 5.41) is 3.08. The first-order chi connectivity index (χ1) is 14.2.